The van der Waals surface area contributed by atoms with Gasteiger partial charge in [-0.2, -0.15) is 0 Å². The van der Waals surface area contributed by atoms with Crippen LogP contribution in [0.1, 0.15) is 6.92 Å². The Balaban J connectivity index is 3.15. The van der Waals surface area contributed by atoms with Crippen LogP contribution in [0.4, 0.5) is 8.78 Å². The predicted molar refractivity (Wildman–Crippen MR) is 66.5 cm³/mol. The smallest absolute Gasteiger partial charge is 0.207 e. The fourth-order valence-corrected chi connectivity index (χ4v) is 3.21. The number of nitrogens with one attached hydrogen (secondary N) is 1. The zero-order chi connectivity index (χ0) is 14.0. The van der Waals surface area contributed by atoms with E-state index in [1.54, 1.807) is 0 Å². The maximum absolute atomic E-state index is 13.4. The molecule has 0 radical (unpaired) electrons. The second kappa shape index (κ2) is 5.69. The lowest BCUT2D eigenvalue weighted by Crippen LogP contribution is -2.49. The summed E-state index contributed by atoms with van der Waals surface area (Å²) in [5, 5.41) is 0. The van der Waals surface area contributed by atoms with Gasteiger partial charge < -0.3 is 0 Å². The number of hydrogen-bond donors (Lipinski definition) is 1. The minimum absolute atomic E-state index is 0.0848. The van der Waals surface area contributed by atoms with Gasteiger partial charge in [-0.05, 0) is 19.1 Å². The molecule has 0 heterocycles. The zero-order valence-electron chi connectivity index (χ0n) is 9.38. The van der Waals surface area contributed by atoms with Gasteiger partial charge in [-0.25, -0.2) is 21.9 Å². The normalized spacial score (nSPS) is 12.7. The van der Waals surface area contributed by atoms with Gasteiger partial charge in [0.25, 0.3) is 0 Å². The number of alkyl halides is 2. The van der Waals surface area contributed by atoms with Crippen LogP contribution in [0.2, 0.25) is 0 Å². The molecule has 102 valence electrons. The minimum atomic E-state index is -4.15. The van der Waals surface area contributed by atoms with Crippen LogP contribution in [0.25, 0.3) is 0 Å². The van der Waals surface area contributed by atoms with E-state index in [9.17, 15) is 17.2 Å². The molecule has 0 aliphatic rings. The average Bonchev–Trinajstić information content (AvgIpc) is 2.27. The van der Waals surface area contributed by atoms with Gasteiger partial charge in [-0.3, -0.25) is 0 Å². The number of halogens is 4. The molecule has 1 rings (SSSR count). The second-order valence-corrected chi connectivity index (χ2v) is 6.19. The number of benzene rings is 1. The van der Waals surface area contributed by atoms with Crippen LogP contribution in [0.5, 0.6) is 0 Å². The summed E-state index contributed by atoms with van der Waals surface area (Å²) in [6, 6.07) is 2.19. The van der Waals surface area contributed by atoms with Crippen LogP contribution in [-0.4, -0.2) is 25.7 Å². The van der Waals surface area contributed by atoms with E-state index in [0.29, 0.717) is 6.07 Å². The molecule has 0 spiro atoms. The first-order valence-electron chi connectivity index (χ1n) is 4.85. The molecule has 18 heavy (non-hydrogen) atoms. The molecule has 0 unspecified atom stereocenters. The Morgan fingerprint density at radius 3 is 2.28 bits per heavy atom. The fraction of sp³-hybridized carbons (Fsp3) is 0.400. The van der Waals surface area contributed by atoms with Crippen LogP contribution < -0.4 is 4.72 Å². The van der Waals surface area contributed by atoms with Gasteiger partial charge in [0, 0.05) is 17.8 Å². The van der Waals surface area contributed by atoms with E-state index < -0.39 is 32.1 Å². The van der Waals surface area contributed by atoms with Gasteiger partial charge in [-0.15, -0.1) is 23.2 Å². The molecule has 0 amide bonds. The molecule has 8 heteroatoms. The van der Waals surface area contributed by atoms with Crippen molar-refractivity contribution in [2.75, 3.05) is 11.8 Å². The first-order chi connectivity index (χ1) is 8.24. The van der Waals surface area contributed by atoms with Crippen molar-refractivity contribution in [3.8, 4) is 0 Å². The average molecular weight is 318 g/mol. The fourth-order valence-electron chi connectivity index (χ4n) is 1.16. The standard InChI is InChI=1S/C10H11Cl2F2NO2S/c1-10(5-11,6-12)15-18(16,17)9-3-2-7(13)4-8(9)14/h2-4,15H,5-6H2,1H3. The molecule has 0 aliphatic heterocycles. The van der Waals surface area contributed by atoms with Crippen molar-refractivity contribution >= 4 is 33.2 Å². The van der Waals surface area contributed by atoms with E-state index in [1.165, 1.54) is 6.92 Å². The Labute approximate surface area is 114 Å². The highest BCUT2D eigenvalue weighted by Crippen LogP contribution is 2.19. The Morgan fingerprint density at radius 1 is 1.28 bits per heavy atom. The first-order valence-corrected chi connectivity index (χ1v) is 7.40. The van der Waals surface area contributed by atoms with Gasteiger partial charge in [-0.1, -0.05) is 0 Å². The third kappa shape index (κ3) is 3.54. The molecule has 0 aromatic heterocycles. The van der Waals surface area contributed by atoms with Crippen molar-refractivity contribution in [1.82, 2.24) is 4.72 Å². The largest absolute Gasteiger partial charge is 0.244 e. The van der Waals surface area contributed by atoms with Gasteiger partial charge >= 0.3 is 0 Å². The lowest BCUT2D eigenvalue weighted by Gasteiger charge is -2.25. The minimum Gasteiger partial charge on any atom is -0.207 e. The van der Waals surface area contributed by atoms with Crippen molar-refractivity contribution < 1.29 is 17.2 Å². The quantitative estimate of drug-likeness (QED) is 0.848. The van der Waals surface area contributed by atoms with E-state index in [0.717, 1.165) is 12.1 Å². The zero-order valence-corrected chi connectivity index (χ0v) is 11.7. The summed E-state index contributed by atoms with van der Waals surface area (Å²) in [5.41, 5.74) is -1.11. The maximum Gasteiger partial charge on any atom is 0.244 e. The lowest BCUT2D eigenvalue weighted by molar-refractivity contribution is 0.492. The third-order valence-corrected chi connectivity index (χ3v) is 5.01. The SMILES string of the molecule is CC(CCl)(CCl)NS(=O)(=O)c1ccc(F)cc1F. The molecular weight excluding hydrogens is 307 g/mol. The summed E-state index contributed by atoms with van der Waals surface area (Å²) in [4.78, 5) is -0.648. The Kier molecular flexibility index (Phi) is 4.94. The van der Waals surface area contributed by atoms with Gasteiger partial charge in [0.2, 0.25) is 10.0 Å². The molecule has 0 bridgehead atoms. The van der Waals surface area contributed by atoms with E-state index in [4.69, 9.17) is 23.2 Å². The van der Waals surface area contributed by atoms with Crippen LogP contribution in [0, 0.1) is 11.6 Å². The van der Waals surface area contributed by atoms with Crippen molar-refractivity contribution in [2.24, 2.45) is 0 Å². The monoisotopic (exact) mass is 317 g/mol. The summed E-state index contributed by atoms with van der Waals surface area (Å²) in [6.45, 7) is 1.48. The predicted octanol–water partition coefficient (Wildman–Crippen LogP) is 2.48. The number of sulfonamides is 1. The summed E-state index contributed by atoms with van der Waals surface area (Å²) in [6.07, 6.45) is 0. The van der Waals surface area contributed by atoms with E-state index in [2.05, 4.69) is 4.72 Å². The Bertz CT molecular complexity index is 533. The first kappa shape index (κ1) is 15.6. The van der Waals surface area contributed by atoms with Gasteiger partial charge in [0.05, 0.1) is 5.54 Å². The van der Waals surface area contributed by atoms with Gasteiger partial charge in [0.15, 0.2) is 0 Å². The molecular formula is C10H11Cl2F2NO2S. The third-order valence-electron chi connectivity index (χ3n) is 2.15. The van der Waals surface area contributed by atoms with E-state index in [-0.39, 0.29) is 11.8 Å². The van der Waals surface area contributed by atoms with Crippen molar-refractivity contribution in [1.29, 1.82) is 0 Å². The van der Waals surface area contributed by atoms with Crippen LogP contribution in [0.15, 0.2) is 23.1 Å². The maximum atomic E-state index is 13.4. The molecule has 1 aromatic rings. The van der Waals surface area contributed by atoms with E-state index >= 15 is 0 Å². The lowest BCUT2D eigenvalue weighted by atomic mass is 10.1. The molecule has 0 atom stereocenters. The van der Waals surface area contributed by atoms with Crippen LogP contribution >= 0.6 is 23.2 Å². The van der Waals surface area contributed by atoms with Gasteiger partial charge in [0.1, 0.15) is 16.5 Å². The summed E-state index contributed by atoms with van der Waals surface area (Å²) in [5.74, 6) is -2.20. The Morgan fingerprint density at radius 2 is 1.83 bits per heavy atom. The topological polar surface area (TPSA) is 46.2 Å². The molecule has 1 aromatic carbocycles. The molecule has 0 fully saturated rings. The Hall–Kier alpha value is -0.430. The molecule has 3 nitrogen and oxygen atoms in total. The molecule has 0 saturated carbocycles. The highest BCUT2D eigenvalue weighted by atomic mass is 35.5. The summed E-state index contributed by atoms with van der Waals surface area (Å²) >= 11 is 11.2. The number of rotatable bonds is 5. The molecule has 1 N–H and O–H groups in total. The molecule has 0 aliphatic carbocycles. The highest BCUT2D eigenvalue weighted by Gasteiger charge is 2.30. The van der Waals surface area contributed by atoms with Crippen molar-refractivity contribution in [3.63, 3.8) is 0 Å². The second-order valence-electron chi connectivity index (χ2n) is 4.01. The number of hydrogen-bond acceptors (Lipinski definition) is 2. The van der Waals surface area contributed by atoms with E-state index in [1.807, 2.05) is 0 Å². The summed E-state index contributed by atoms with van der Waals surface area (Å²) < 4.78 is 52.1. The summed E-state index contributed by atoms with van der Waals surface area (Å²) in [7, 11) is -4.15. The highest BCUT2D eigenvalue weighted by molar-refractivity contribution is 7.89. The van der Waals surface area contributed by atoms with Crippen LogP contribution in [-0.2, 0) is 10.0 Å². The van der Waals surface area contributed by atoms with Crippen LogP contribution in [0.3, 0.4) is 0 Å². The van der Waals surface area contributed by atoms with Crippen molar-refractivity contribution in [3.05, 3.63) is 29.8 Å². The molecule has 0 saturated heterocycles. The van der Waals surface area contributed by atoms with Crippen molar-refractivity contribution in [2.45, 2.75) is 17.4 Å².